The normalized spacial score (nSPS) is 11.0. The average molecular weight is 561 g/mol. The fourth-order valence-corrected chi connectivity index (χ4v) is 3.58. The number of benzene rings is 3. The Balaban J connectivity index is 1.81. The maximum atomic E-state index is 13.9. The maximum Gasteiger partial charge on any atom is 0.416 e. The third-order valence-corrected chi connectivity index (χ3v) is 5.66. The number of methoxy groups -OCH3 is 1. The molecule has 0 fully saturated rings. The van der Waals surface area contributed by atoms with Gasteiger partial charge in [-0.05, 0) is 54.6 Å². The van der Waals surface area contributed by atoms with Crippen molar-refractivity contribution in [2.45, 2.75) is 6.18 Å². The Labute approximate surface area is 215 Å². The highest BCUT2D eigenvalue weighted by molar-refractivity contribution is 8.15. The topological polar surface area (TPSA) is 84.9 Å². The highest BCUT2D eigenvalue weighted by Crippen LogP contribution is 2.37. The van der Waals surface area contributed by atoms with Crippen LogP contribution in [0.3, 0.4) is 0 Å². The zero-order valence-electron chi connectivity index (χ0n) is 18.4. The van der Waals surface area contributed by atoms with Gasteiger partial charge in [-0.2, -0.15) is 13.2 Å². The maximum absolute atomic E-state index is 13.9. The number of nitrogens with one attached hydrogen (secondary N) is 1. The first kappa shape index (κ1) is 27.7. The number of nitrogens with zero attached hydrogens (tertiary/aromatic N) is 1. The number of halogens is 6. The lowest BCUT2D eigenvalue weighted by molar-refractivity contribution is -0.137. The summed E-state index contributed by atoms with van der Waals surface area (Å²) < 4.78 is 76.9. The van der Waals surface area contributed by atoms with Gasteiger partial charge in [0.25, 0.3) is 5.91 Å². The molecule has 0 saturated carbocycles. The third kappa shape index (κ3) is 6.89. The number of anilines is 1. The van der Waals surface area contributed by atoms with Gasteiger partial charge in [-0.15, -0.1) is 0 Å². The minimum Gasteiger partial charge on any atom is -0.460 e. The number of alkyl halides is 3. The van der Waals surface area contributed by atoms with E-state index in [1.165, 1.54) is 24.3 Å². The molecule has 3 aromatic carbocycles. The van der Waals surface area contributed by atoms with Gasteiger partial charge < -0.3 is 9.47 Å². The van der Waals surface area contributed by atoms with Crippen LogP contribution in [0.2, 0.25) is 5.02 Å². The quantitative estimate of drug-likeness (QED) is 0.206. The number of rotatable bonds is 4. The van der Waals surface area contributed by atoms with Gasteiger partial charge in [0, 0.05) is 0 Å². The average Bonchev–Trinajstić information content (AvgIpc) is 2.83. The Morgan fingerprint density at radius 3 is 2.14 bits per heavy atom. The second-order valence-corrected chi connectivity index (χ2v) is 8.22. The largest absolute Gasteiger partial charge is 0.460 e. The molecule has 0 aliphatic heterocycles. The molecule has 0 unspecified atom stereocenters. The molecular weight excluding hydrogens is 547 g/mol. The number of carbonyl (C=O) groups is 3. The van der Waals surface area contributed by atoms with Gasteiger partial charge in [-0.1, -0.05) is 17.7 Å². The van der Waals surface area contributed by atoms with Gasteiger partial charge in [-0.25, -0.2) is 22.7 Å². The van der Waals surface area contributed by atoms with Crippen molar-refractivity contribution < 1.29 is 45.8 Å². The number of hydrogen-bond donors (Lipinski definition) is 1. The van der Waals surface area contributed by atoms with Gasteiger partial charge in [0.05, 0.1) is 35.3 Å². The fourth-order valence-electron chi connectivity index (χ4n) is 2.78. The van der Waals surface area contributed by atoms with Crippen LogP contribution in [0.5, 0.6) is 11.5 Å². The first-order valence-corrected chi connectivity index (χ1v) is 11.1. The molecule has 3 aromatic rings. The SMILES string of the molecule is COC(=O)SN(C(=O)NC(=O)c1c(F)cccc1F)c1ccc(Oc2ccc(C(F)(F)F)cc2Cl)cc1. The number of imide groups is 1. The Hall–Kier alpha value is -3.84. The molecule has 3 rings (SSSR count). The summed E-state index contributed by atoms with van der Waals surface area (Å²) in [6, 6.07) is 9.06. The molecule has 0 aromatic heterocycles. The van der Waals surface area contributed by atoms with Crippen molar-refractivity contribution in [3.63, 3.8) is 0 Å². The van der Waals surface area contributed by atoms with Crippen LogP contribution in [0.4, 0.5) is 37.2 Å². The van der Waals surface area contributed by atoms with Gasteiger partial charge in [0.1, 0.15) is 28.7 Å². The van der Waals surface area contributed by atoms with E-state index in [2.05, 4.69) is 4.74 Å². The van der Waals surface area contributed by atoms with Gasteiger partial charge >= 0.3 is 17.5 Å². The highest BCUT2D eigenvalue weighted by Gasteiger charge is 2.31. The van der Waals surface area contributed by atoms with Gasteiger partial charge in [0.2, 0.25) is 0 Å². The van der Waals surface area contributed by atoms with Crippen LogP contribution < -0.4 is 14.4 Å². The molecule has 7 nitrogen and oxygen atoms in total. The van der Waals surface area contributed by atoms with E-state index in [9.17, 15) is 36.3 Å². The molecule has 0 radical (unpaired) electrons. The summed E-state index contributed by atoms with van der Waals surface area (Å²) in [5, 5.41) is 0.517. The summed E-state index contributed by atoms with van der Waals surface area (Å²) in [5.74, 6) is -3.80. The van der Waals surface area contributed by atoms with Crippen LogP contribution in [-0.4, -0.2) is 24.3 Å². The number of hydrogen-bond acceptors (Lipinski definition) is 6. The van der Waals surface area contributed by atoms with Gasteiger partial charge in [0.15, 0.2) is 0 Å². The molecule has 0 bridgehead atoms. The second kappa shape index (κ2) is 11.5. The van der Waals surface area contributed by atoms with Crippen molar-refractivity contribution in [1.82, 2.24) is 5.32 Å². The molecule has 3 amide bonds. The first-order valence-electron chi connectivity index (χ1n) is 9.90. The highest BCUT2D eigenvalue weighted by atomic mass is 35.5. The second-order valence-electron chi connectivity index (χ2n) is 6.93. The molecule has 0 heterocycles. The van der Waals surface area contributed by atoms with Crippen molar-refractivity contribution in [3.05, 3.63) is 88.4 Å². The van der Waals surface area contributed by atoms with Crippen molar-refractivity contribution in [2.24, 2.45) is 0 Å². The molecule has 0 aliphatic rings. The van der Waals surface area contributed by atoms with Crippen molar-refractivity contribution in [1.29, 1.82) is 0 Å². The predicted molar refractivity (Wildman–Crippen MR) is 125 cm³/mol. The molecule has 1 N–H and O–H groups in total. The number of carbonyl (C=O) groups excluding carboxylic acids is 3. The van der Waals surface area contributed by atoms with E-state index in [0.717, 1.165) is 37.4 Å². The van der Waals surface area contributed by atoms with E-state index in [1.807, 2.05) is 0 Å². The van der Waals surface area contributed by atoms with Gasteiger partial charge in [-0.3, -0.25) is 10.1 Å². The first-order chi connectivity index (χ1) is 17.4. The molecule has 37 heavy (non-hydrogen) atoms. The minimum absolute atomic E-state index is 0.000529. The Kier molecular flexibility index (Phi) is 8.61. The zero-order chi connectivity index (χ0) is 27.3. The van der Waals surface area contributed by atoms with Crippen LogP contribution in [0.25, 0.3) is 0 Å². The monoisotopic (exact) mass is 560 g/mol. The van der Waals surface area contributed by atoms with E-state index >= 15 is 0 Å². The van der Waals surface area contributed by atoms with E-state index in [-0.39, 0.29) is 34.2 Å². The number of ether oxygens (including phenoxy) is 2. The third-order valence-electron chi connectivity index (χ3n) is 4.49. The molecular formula is C23H14ClF5N2O5S. The van der Waals surface area contributed by atoms with Crippen LogP contribution in [0.15, 0.2) is 60.7 Å². The van der Waals surface area contributed by atoms with Crippen LogP contribution in [0, 0.1) is 11.6 Å². The Morgan fingerprint density at radius 2 is 1.59 bits per heavy atom. The number of urea groups is 1. The lowest BCUT2D eigenvalue weighted by Gasteiger charge is -2.20. The van der Waals surface area contributed by atoms with E-state index in [0.29, 0.717) is 10.4 Å². The van der Waals surface area contributed by atoms with Crippen molar-refractivity contribution in [2.75, 3.05) is 11.4 Å². The van der Waals surface area contributed by atoms with Crippen molar-refractivity contribution >= 4 is 46.5 Å². The minimum atomic E-state index is -4.59. The lowest BCUT2D eigenvalue weighted by Crippen LogP contribution is -2.40. The summed E-state index contributed by atoms with van der Waals surface area (Å²) in [6.07, 6.45) is -4.59. The number of amides is 3. The Morgan fingerprint density at radius 1 is 0.973 bits per heavy atom. The summed E-state index contributed by atoms with van der Waals surface area (Å²) in [4.78, 5) is 36.8. The predicted octanol–water partition coefficient (Wildman–Crippen LogP) is 7.20. The molecule has 0 spiro atoms. The van der Waals surface area contributed by atoms with Crippen molar-refractivity contribution in [3.8, 4) is 11.5 Å². The summed E-state index contributed by atoms with van der Waals surface area (Å²) >= 11 is 6.10. The molecule has 0 saturated heterocycles. The summed E-state index contributed by atoms with van der Waals surface area (Å²) in [5.41, 5.74) is -1.97. The van der Waals surface area contributed by atoms with E-state index in [1.54, 1.807) is 5.32 Å². The summed E-state index contributed by atoms with van der Waals surface area (Å²) in [6.45, 7) is 0. The lowest BCUT2D eigenvalue weighted by atomic mass is 10.2. The molecule has 194 valence electrons. The molecule has 14 heteroatoms. The zero-order valence-corrected chi connectivity index (χ0v) is 20.0. The standard InChI is InChI=1S/C23H14ClF5N2O5S/c1-35-22(34)37-31(21(33)30-20(32)19-16(25)3-2-4-17(19)26)13-6-8-14(9-7-13)36-18-10-5-12(11-15(18)24)23(27,28)29/h2-11H,1H3,(H,30,32,33). The van der Waals surface area contributed by atoms with E-state index in [4.69, 9.17) is 16.3 Å². The molecule has 0 atom stereocenters. The van der Waals surface area contributed by atoms with E-state index < -0.39 is 46.2 Å². The Bertz CT molecular complexity index is 1320. The summed E-state index contributed by atoms with van der Waals surface area (Å²) in [7, 11) is 1.04. The van der Waals surface area contributed by atoms with Crippen LogP contribution >= 0.6 is 23.5 Å². The smallest absolute Gasteiger partial charge is 0.416 e. The van der Waals surface area contributed by atoms with Crippen LogP contribution in [-0.2, 0) is 10.9 Å². The fraction of sp³-hybridized carbons (Fsp3) is 0.0870. The van der Waals surface area contributed by atoms with Crippen LogP contribution in [0.1, 0.15) is 15.9 Å². The molecule has 0 aliphatic carbocycles.